The normalized spacial score (nSPS) is 10.5. The molecule has 3 aromatic carbocycles. The first kappa shape index (κ1) is 13.0. The van der Waals surface area contributed by atoms with Crippen molar-refractivity contribution in [2.45, 2.75) is 0 Å². The van der Waals surface area contributed by atoms with Crippen LogP contribution in [0.5, 0.6) is 0 Å². The molecular formula is C17H14N2O2. The number of anilines is 3. The number of benzene rings is 3. The maximum atomic E-state index is 10.9. The minimum Gasteiger partial charge on any atom is -0.478 e. The molecule has 21 heavy (non-hydrogen) atoms. The van der Waals surface area contributed by atoms with Crippen LogP contribution in [0.25, 0.3) is 10.8 Å². The fraction of sp³-hybridized carbons (Fsp3) is 0. The van der Waals surface area contributed by atoms with Crippen molar-refractivity contribution in [2.24, 2.45) is 0 Å². The van der Waals surface area contributed by atoms with E-state index in [2.05, 4.69) is 5.32 Å². The minimum absolute atomic E-state index is 0.177. The molecule has 3 aromatic rings. The van der Waals surface area contributed by atoms with E-state index in [9.17, 15) is 4.79 Å². The second kappa shape index (κ2) is 5.17. The van der Waals surface area contributed by atoms with Crippen molar-refractivity contribution in [2.75, 3.05) is 11.1 Å². The Morgan fingerprint density at radius 2 is 1.71 bits per heavy atom. The molecule has 3 rings (SSSR count). The number of aromatic carboxylic acids is 1. The SMILES string of the molecule is Nc1cc(C(=O)O)ccc1Nc1cccc2ccccc12. The van der Waals surface area contributed by atoms with Gasteiger partial charge in [0.1, 0.15) is 0 Å². The van der Waals surface area contributed by atoms with Gasteiger partial charge in [-0.25, -0.2) is 4.79 Å². The van der Waals surface area contributed by atoms with E-state index < -0.39 is 5.97 Å². The van der Waals surface area contributed by atoms with Gasteiger partial charge in [0.15, 0.2) is 0 Å². The quantitative estimate of drug-likeness (QED) is 0.636. The summed E-state index contributed by atoms with van der Waals surface area (Å²) < 4.78 is 0. The van der Waals surface area contributed by atoms with Crippen molar-refractivity contribution in [3.05, 3.63) is 66.2 Å². The summed E-state index contributed by atoms with van der Waals surface area (Å²) in [6.07, 6.45) is 0. The van der Waals surface area contributed by atoms with Crippen LogP contribution >= 0.6 is 0 Å². The molecule has 4 heteroatoms. The van der Waals surface area contributed by atoms with E-state index in [1.165, 1.54) is 12.1 Å². The minimum atomic E-state index is -0.988. The van der Waals surface area contributed by atoms with Crippen LogP contribution in [-0.4, -0.2) is 11.1 Å². The van der Waals surface area contributed by atoms with E-state index in [0.29, 0.717) is 11.4 Å². The first-order valence-corrected chi connectivity index (χ1v) is 6.53. The first-order valence-electron chi connectivity index (χ1n) is 6.53. The molecule has 0 heterocycles. The smallest absolute Gasteiger partial charge is 0.335 e. The summed E-state index contributed by atoms with van der Waals surface area (Å²) in [7, 11) is 0. The Morgan fingerprint density at radius 3 is 2.48 bits per heavy atom. The van der Waals surface area contributed by atoms with Crippen molar-refractivity contribution in [3.8, 4) is 0 Å². The summed E-state index contributed by atoms with van der Waals surface area (Å²) in [5, 5.41) is 14.4. The lowest BCUT2D eigenvalue weighted by Crippen LogP contribution is -2.01. The highest BCUT2D eigenvalue weighted by Crippen LogP contribution is 2.29. The van der Waals surface area contributed by atoms with Crippen molar-refractivity contribution in [1.82, 2.24) is 0 Å². The number of carbonyl (C=O) groups is 1. The van der Waals surface area contributed by atoms with E-state index in [0.717, 1.165) is 16.5 Å². The summed E-state index contributed by atoms with van der Waals surface area (Å²) in [6, 6.07) is 18.7. The molecule has 104 valence electrons. The standard InChI is InChI=1S/C17H14N2O2/c18-14-10-12(17(20)21)8-9-16(14)19-15-7-3-5-11-4-1-2-6-13(11)15/h1-10,19H,18H2,(H,20,21). The summed E-state index contributed by atoms with van der Waals surface area (Å²) in [4.78, 5) is 10.9. The molecule has 0 amide bonds. The zero-order chi connectivity index (χ0) is 14.8. The fourth-order valence-electron chi connectivity index (χ4n) is 2.29. The Bertz CT molecular complexity index is 823. The van der Waals surface area contributed by atoms with Gasteiger partial charge in [0.25, 0.3) is 0 Å². The van der Waals surface area contributed by atoms with Crippen molar-refractivity contribution in [1.29, 1.82) is 0 Å². The Labute approximate surface area is 121 Å². The Balaban J connectivity index is 2.01. The van der Waals surface area contributed by atoms with Crippen LogP contribution in [0.4, 0.5) is 17.1 Å². The van der Waals surface area contributed by atoms with Crippen LogP contribution in [0.15, 0.2) is 60.7 Å². The molecule has 0 aliphatic heterocycles. The van der Waals surface area contributed by atoms with E-state index in [-0.39, 0.29) is 5.56 Å². The van der Waals surface area contributed by atoms with Gasteiger partial charge in [0.05, 0.1) is 16.9 Å². The zero-order valence-corrected chi connectivity index (χ0v) is 11.2. The van der Waals surface area contributed by atoms with Crippen LogP contribution in [-0.2, 0) is 0 Å². The van der Waals surface area contributed by atoms with Gasteiger partial charge in [0.2, 0.25) is 0 Å². The summed E-state index contributed by atoms with van der Waals surface area (Å²) in [5.41, 5.74) is 8.13. The van der Waals surface area contributed by atoms with Gasteiger partial charge in [-0.3, -0.25) is 0 Å². The molecule has 4 N–H and O–H groups in total. The van der Waals surface area contributed by atoms with E-state index >= 15 is 0 Å². The molecule has 0 atom stereocenters. The monoisotopic (exact) mass is 278 g/mol. The summed E-state index contributed by atoms with van der Waals surface area (Å²) in [6.45, 7) is 0. The molecule has 0 spiro atoms. The van der Waals surface area contributed by atoms with E-state index in [4.69, 9.17) is 10.8 Å². The largest absolute Gasteiger partial charge is 0.478 e. The number of rotatable bonds is 3. The lowest BCUT2D eigenvalue weighted by molar-refractivity contribution is 0.0697. The Hall–Kier alpha value is -3.01. The van der Waals surface area contributed by atoms with Crippen LogP contribution in [0.1, 0.15) is 10.4 Å². The van der Waals surface area contributed by atoms with Crippen molar-refractivity contribution < 1.29 is 9.90 Å². The molecule has 0 aliphatic carbocycles. The lowest BCUT2D eigenvalue weighted by atomic mass is 10.1. The molecular weight excluding hydrogens is 264 g/mol. The maximum absolute atomic E-state index is 10.9. The number of fused-ring (bicyclic) bond motifs is 1. The highest BCUT2D eigenvalue weighted by atomic mass is 16.4. The number of carboxylic acid groups (broad SMARTS) is 1. The van der Waals surface area contributed by atoms with Gasteiger partial charge in [0, 0.05) is 11.1 Å². The van der Waals surface area contributed by atoms with Gasteiger partial charge >= 0.3 is 5.97 Å². The van der Waals surface area contributed by atoms with Crippen molar-refractivity contribution >= 4 is 33.8 Å². The average molecular weight is 278 g/mol. The molecule has 0 aromatic heterocycles. The molecule has 4 nitrogen and oxygen atoms in total. The molecule has 0 saturated heterocycles. The summed E-state index contributed by atoms with van der Waals surface area (Å²) in [5.74, 6) is -0.988. The van der Waals surface area contributed by atoms with Gasteiger partial charge in [-0.2, -0.15) is 0 Å². The van der Waals surface area contributed by atoms with E-state index in [1.807, 2.05) is 42.5 Å². The second-order valence-electron chi connectivity index (χ2n) is 4.76. The topological polar surface area (TPSA) is 75.4 Å². The number of nitrogen functional groups attached to an aromatic ring is 1. The molecule has 0 fully saturated rings. The molecule has 0 aliphatic rings. The highest BCUT2D eigenvalue weighted by Gasteiger charge is 2.07. The van der Waals surface area contributed by atoms with E-state index in [1.54, 1.807) is 6.07 Å². The van der Waals surface area contributed by atoms with Gasteiger partial charge in [-0.15, -0.1) is 0 Å². The second-order valence-corrected chi connectivity index (χ2v) is 4.76. The third kappa shape index (κ3) is 2.51. The molecule has 0 radical (unpaired) electrons. The third-order valence-electron chi connectivity index (χ3n) is 3.36. The van der Waals surface area contributed by atoms with Gasteiger partial charge in [-0.1, -0.05) is 36.4 Å². The molecule has 0 unspecified atom stereocenters. The number of carboxylic acids is 1. The van der Waals surface area contributed by atoms with Crippen LogP contribution < -0.4 is 11.1 Å². The number of hydrogen-bond acceptors (Lipinski definition) is 3. The average Bonchev–Trinajstić information content (AvgIpc) is 2.49. The van der Waals surface area contributed by atoms with Crippen LogP contribution in [0.2, 0.25) is 0 Å². The molecule has 0 saturated carbocycles. The Kier molecular flexibility index (Phi) is 3.20. The zero-order valence-electron chi connectivity index (χ0n) is 11.2. The fourth-order valence-corrected chi connectivity index (χ4v) is 2.29. The van der Waals surface area contributed by atoms with Crippen LogP contribution in [0, 0.1) is 0 Å². The van der Waals surface area contributed by atoms with Gasteiger partial charge in [-0.05, 0) is 29.7 Å². The highest BCUT2D eigenvalue weighted by molar-refractivity contribution is 5.97. The number of hydrogen-bond donors (Lipinski definition) is 3. The summed E-state index contributed by atoms with van der Waals surface area (Å²) >= 11 is 0. The first-order chi connectivity index (χ1) is 10.1. The third-order valence-corrected chi connectivity index (χ3v) is 3.36. The Morgan fingerprint density at radius 1 is 0.952 bits per heavy atom. The predicted octanol–water partition coefficient (Wildman–Crippen LogP) is 3.86. The number of nitrogens with one attached hydrogen (secondary N) is 1. The van der Waals surface area contributed by atoms with Crippen LogP contribution in [0.3, 0.4) is 0 Å². The molecule has 0 bridgehead atoms. The van der Waals surface area contributed by atoms with Crippen molar-refractivity contribution in [3.63, 3.8) is 0 Å². The maximum Gasteiger partial charge on any atom is 0.335 e. The predicted molar refractivity (Wildman–Crippen MR) is 85.0 cm³/mol. The lowest BCUT2D eigenvalue weighted by Gasteiger charge is -2.12. The number of nitrogens with two attached hydrogens (primary N) is 1. The van der Waals surface area contributed by atoms with Gasteiger partial charge < -0.3 is 16.2 Å².